The Hall–Kier alpha value is -2.34. The first-order valence-electron chi connectivity index (χ1n) is 5.82. The summed E-state index contributed by atoms with van der Waals surface area (Å²) >= 11 is 1.48. The van der Waals surface area contributed by atoms with Gasteiger partial charge in [-0.3, -0.25) is 4.79 Å². The zero-order valence-electron chi connectivity index (χ0n) is 10.8. The van der Waals surface area contributed by atoms with Crippen molar-refractivity contribution < 1.29 is 19.1 Å². The third-order valence-electron chi connectivity index (χ3n) is 2.60. The summed E-state index contributed by atoms with van der Waals surface area (Å²) in [6, 6.07) is 3.48. The van der Waals surface area contributed by atoms with Crippen LogP contribution < -0.4 is 0 Å². The largest absolute Gasteiger partial charge is 0.478 e. The quantitative estimate of drug-likeness (QED) is 0.860. The normalized spacial score (nSPS) is 10.8. The highest BCUT2D eigenvalue weighted by Crippen LogP contribution is 2.18. The van der Waals surface area contributed by atoms with Gasteiger partial charge in [0, 0.05) is 18.0 Å². The van der Waals surface area contributed by atoms with Crippen LogP contribution in [0, 0.1) is 0 Å². The highest BCUT2D eigenvalue weighted by Gasteiger charge is 2.13. The van der Waals surface area contributed by atoms with Crippen molar-refractivity contribution in [3.8, 4) is 0 Å². The zero-order valence-corrected chi connectivity index (χ0v) is 11.6. The number of thiophene rings is 1. The SMILES string of the molecule is CN(Cc1cc(C=CC(=O)O)cs1)C(=O)c1ccoc1. The molecule has 2 heterocycles. The fraction of sp³-hybridized carbons (Fsp3) is 0.143. The lowest BCUT2D eigenvalue weighted by Crippen LogP contribution is -2.25. The van der Waals surface area contributed by atoms with Crippen LogP contribution in [0.4, 0.5) is 0 Å². The molecule has 0 saturated carbocycles. The van der Waals surface area contributed by atoms with Gasteiger partial charge in [-0.2, -0.15) is 0 Å². The Morgan fingerprint density at radius 3 is 2.95 bits per heavy atom. The standard InChI is InChI=1S/C14H13NO4S/c1-15(14(18)11-4-5-19-8-11)7-12-6-10(9-20-12)2-3-13(16)17/h2-6,8-9H,7H2,1H3,(H,16,17). The Morgan fingerprint density at radius 2 is 2.30 bits per heavy atom. The van der Waals surface area contributed by atoms with Crippen molar-refractivity contribution in [2.45, 2.75) is 6.54 Å². The first-order chi connectivity index (χ1) is 9.56. The second-order valence-electron chi connectivity index (χ2n) is 4.19. The van der Waals surface area contributed by atoms with E-state index >= 15 is 0 Å². The van der Waals surface area contributed by atoms with Crippen molar-refractivity contribution >= 4 is 29.3 Å². The van der Waals surface area contributed by atoms with Gasteiger partial charge in [0.25, 0.3) is 5.91 Å². The Labute approximate surface area is 119 Å². The first-order valence-corrected chi connectivity index (χ1v) is 6.70. The zero-order chi connectivity index (χ0) is 14.5. The van der Waals surface area contributed by atoms with E-state index in [-0.39, 0.29) is 5.91 Å². The summed E-state index contributed by atoms with van der Waals surface area (Å²) in [4.78, 5) is 25.0. The fourth-order valence-corrected chi connectivity index (χ4v) is 2.55. The van der Waals surface area contributed by atoms with Crippen LogP contribution in [0.2, 0.25) is 0 Å². The molecule has 0 aromatic carbocycles. The third kappa shape index (κ3) is 3.58. The molecule has 0 atom stereocenters. The molecule has 0 radical (unpaired) electrons. The fourth-order valence-electron chi connectivity index (χ4n) is 1.65. The summed E-state index contributed by atoms with van der Waals surface area (Å²) in [5.41, 5.74) is 1.33. The molecule has 0 aliphatic heterocycles. The van der Waals surface area contributed by atoms with Gasteiger partial charge in [-0.15, -0.1) is 11.3 Å². The average Bonchev–Trinajstić information content (AvgIpc) is 3.06. The van der Waals surface area contributed by atoms with Gasteiger partial charge in [-0.1, -0.05) is 0 Å². The highest BCUT2D eigenvalue weighted by molar-refractivity contribution is 7.10. The van der Waals surface area contributed by atoms with Gasteiger partial charge < -0.3 is 14.4 Å². The maximum absolute atomic E-state index is 12.0. The molecule has 0 unspecified atom stereocenters. The number of hydrogen-bond donors (Lipinski definition) is 1. The number of hydrogen-bond acceptors (Lipinski definition) is 4. The number of nitrogens with zero attached hydrogens (tertiary/aromatic N) is 1. The molecule has 104 valence electrons. The number of carboxylic acid groups (broad SMARTS) is 1. The Balaban J connectivity index is 2.00. The second kappa shape index (κ2) is 6.21. The minimum atomic E-state index is -0.981. The number of rotatable bonds is 5. The van der Waals surface area contributed by atoms with Crippen LogP contribution in [0.5, 0.6) is 0 Å². The van der Waals surface area contributed by atoms with Crippen molar-refractivity contribution in [2.24, 2.45) is 0 Å². The van der Waals surface area contributed by atoms with E-state index in [1.807, 2.05) is 11.4 Å². The summed E-state index contributed by atoms with van der Waals surface area (Å²) in [6.45, 7) is 0.468. The third-order valence-corrected chi connectivity index (χ3v) is 3.54. The average molecular weight is 291 g/mol. The molecule has 6 heteroatoms. The van der Waals surface area contributed by atoms with E-state index in [1.54, 1.807) is 18.0 Å². The van der Waals surface area contributed by atoms with E-state index in [2.05, 4.69) is 0 Å². The van der Waals surface area contributed by atoms with Gasteiger partial charge in [0.1, 0.15) is 6.26 Å². The Bertz CT molecular complexity index is 627. The molecule has 0 bridgehead atoms. The highest BCUT2D eigenvalue weighted by atomic mass is 32.1. The molecule has 2 rings (SSSR count). The van der Waals surface area contributed by atoms with Crippen LogP contribution in [0.3, 0.4) is 0 Å². The van der Waals surface area contributed by atoms with Crippen LogP contribution >= 0.6 is 11.3 Å². The van der Waals surface area contributed by atoms with Crippen LogP contribution in [0.15, 0.2) is 40.5 Å². The molecule has 0 aliphatic carbocycles. The summed E-state index contributed by atoms with van der Waals surface area (Å²) in [5.74, 6) is -1.10. The van der Waals surface area contributed by atoms with Gasteiger partial charge in [0.15, 0.2) is 0 Å². The van der Waals surface area contributed by atoms with Crippen LogP contribution in [0.1, 0.15) is 20.8 Å². The molecule has 20 heavy (non-hydrogen) atoms. The lowest BCUT2D eigenvalue weighted by molar-refractivity contribution is -0.131. The number of furan rings is 1. The van der Waals surface area contributed by atoms with E-state index in [1.165, 1.54) is 29.9 Å². The predicted molar refractivity (Wildman–Crippen MR) is 75.5 cm³/mol. The minimum absolute atomic E-state index is 0.116. The lowest BCUT2D eigenvalue weighted by Gasteiger charge is -2.14. The van der Waals surface area contributed by atoms with Gasteiger partial charge in [0.05, 0.1) is 18.4 Å². The number of aliphatic carboxylic acids is 1. The molecular weight excluding hydrogens is 278 g/mol. The van der Waals surface area contributed by atoms with Crippen molar-refractivity contribution in [3.05, 3.63) is 52.1 Å². The number of carbonyl (C=O) groups excluding carboxylic acids is 1. The summed E-state index contributed by atoms with van der Waals surface area (Å²) in [5, 5.41) is 10.4. The number of carbonyl (C=O) groups is 2. The van der Waals surface area contributed by atoms with Gasteiger partial charge in [-0.25, -0.2) is 4.79 Å². The van der Waals surface area contributed by atoms with Crippen molar-refractivity contribution in [1.29, 1.82) is 0 Å². The molecular formula is C14H13NO4S. The topological polar surface area (TPSA) is 70.8 Å². The van der Waals surface area contributed by atoms with Crippen LogP contribution in [-0.4, -0.2) is 28.9 Å². The molecule has 0 aliphatic rings. The van der Waals surface area contributed by atoms with E-state index in [0.29, 0.717) is 12.1 Å². The van der Waals surface area contributed by atoms with Crippen LogP contribution in [0.25, 0.3) is 6.08 Å². The Morgan fingerprint density at radius 1 is 1.50 bits per heavy atom. The van der Waals surface area contributed by atoms with Crippen LogP contribution in [-0.2, 0) is 11.3 Å². The lowest BCUT2D eigenvalue weighted by atomic mass is 10.2. The molecule has 0 saturated heterocycles. The van der Waals surface area contributed by atoms with Gasteiger partial charge >= 0.3 is 5.97 Å². The van der Waals surface area contributed by atoms with Gasteiger partial charge in [0.2, 0.25) is 0 Å². The van der Waals surface area contributed by atoms with Gasteiger partial charge in [-0.05, 0) is 29.2 Å². The second-order valence-corrected chi connectivity index (χ2v) is 5.19. The molecule has 2 aromatic heterocycles. The summed E-state index contributed by atoms with van der Waals surface area (Å²) in [6.07, 6.45) is 5.49. The predicted octanol–water partition coefficient (Wildman–Crippen LogP) is 2.71. The first kappa shape index (κ1) is 14.1. The van der Waals surface area contributed by atoms with E-state index < -0.39 is 5.97 Å². The van der Waals surface area contributed by atoms with Crippen molar-refractivity contribution in [2.75, 3.05) is 7.05 Å². The van der Waals surface area contributed by atoms with Crippen molar-refractivity contribution in [1.82, 2.24) is 4.90 Å². The maximum Gasteiger partial charge on any atom is 0.328 e. The van der Waals surface area contributed by atoms with E-state index in [0.717, 1.165) is 16.5 Å². The molecule has 0 spiro atoms. The molecule has 0 fully saturated rings. The molecule has 2 aromatic rings. The molecule has 1 N–H and O–H groups in total. The minimum Gasteiger partial charge on any atom is -0.478 e. The maximum atomic E-state index is 12.0. The Kier molecular flexibility index (Phi) is 4.37. The monoisotopic (exact) mass is 291 g/mol. The van der Waals surface area contributed by atoms with Crippen molar-refractivity contribution in [3.63, 3.8) is 0 Å². The smallest absolute Gasteiger partial charge is 0.328 e. The van der Waals surface area contributed by atoms with E-state index in [4.69, 9.17) is 9.52 Å². The summed E-state index contributed by atoms with van der Waals surface area (Å²) in [7, 11) is 1.71. The van der Waals surface area contributed by atoms with E-state index in [9.17, 15) is 9.59 Å². The number of amides is 1. The molecule has 5 nitrogen and oxygen atoms in total. The molecule has 1 amide bonds. The summed E-state index contributed by atoms with van der Waals surface area (Å²) < 4.78 is 4.88. The number of carboxylic acids is 1.